The fourth-order valence-corrected chi connectivity index (χ4v) is 8.02. The van der Waals surface area contributed by atoms with Gasteiger partial charge in [-0.2, -0.15) is 0 Å². The van der Waals surface area contributed by atoms with Crippen LogP contribution in [0.5, 0.6) is 0 Å². The van der Waals surface area contributed by atoms with Gasteiger partial charge in [-0.25, -0.2) is 0 Å². The molecule has 9 aromatic rings. The largest absolute Gasteiger partial charge is 0.310 e. The predicted octanol–water partition coefficient (Wildman–Crippen LogP) is 13.3. The lowest BCUT2D eigenvalue weighted by atomic mass is 10.1. The van der Waals surface area contributed by atoms with Crippen LogP contribution in [0.1, 0.15) is 0 Å². The van der Waals surface area contributed by atoms with E-state index in [2.05, 4.69) is 192 Å². The molecule has 0 amide bonds. The number of fused-ring (bicyclic) bond motifs is 5. The van der Waals surface area contributed by atoms with Crippen LogP contribution in [0.15, 0.2) is 182 Å². The van der Waals surface area contributed by atoms with E-state index < -0.39 is 0 Å². The summed E-state index contributed by atoms with van der Waals surface area (Å²) in [6.07, 6.45) is 0. The summed E-state index contributed by atoms with van der Waals surface area (Å²) >= 11 is 1.86. The molecule has 2 nitrogen and oxygen atoms in total. The number of benzene rings is 8. The maximum Gasteiger partial charge on any atom is 0.0540 e. The van der Waals surface area contributed by atoms with Crippen LogP contribution in [0.25, 0.3) is 41.7 Å². The number of hydrogen-bond acceptors (Lipinski definition) is 3. The van der Waals surface area contributed by atoms with Crippen LogP contribution >= 0.6 is 11.3 Å². The van der Waals surface area contributed by atoms with E-state index in [-0.39, 0.29) is 0 Å². The molecule has 1 heterocycles. The third-order valence-electron chi connectivity index (χ3n) is 9.00. The standard InChI is InChI=1S/C44H30N2S/c1-3-17-33(18-4-1)45(41-23-11-15-31-13-7-9-21-37(31)41)35-25-27-39-40-28-26-36(30-44(40)47-43(39)29-35)46(34-19-5-2-6-20-34)42-24-12-16-32-14-8-10-22-38(32)42/h1-30H. The first-order valence-electron chi connectivity index (χ1n) is 15.9. The minimum atomic E-state index is 1.14. The van der Waals surface area contributed by atoms with E-state index in [9.17, 15) is 0 Å². The van der Waals surface area contributed by atoms with E-state index >= 15 is 0 Å². The summed E-state index contributed by atoms with van der Waals surface area (Å²) in [6, 6.07) is 65.6. The molecule has 0 atom stereocenters. The zero-order chi connectivity index (χ0) is 31.2. The second-order valence-corrected chi connectivity index (χ2v) is 12.9. The van der Waals surface area contributed by atoms with Gasteiger partial charge in [0.25, 0.3) is 0 Å². The lowest BCUT2D eigenvalue weighted by molar-refractivity contribution is 1.30. The normalized spacial score (nSPS) is 11.4. The molecule has 8 aromatic carbocycles. The van der Waals surface area contributed by atoms with Crippen LogP contribution < -0.4 is 9.80 Å². The summed E-state index contributed by atoms with van der Waals surface area (Å²) in [5.74, 6) is 0. The molecule has 0 spiro atoms. The van der Waals surface area contributed by atoms with E-state index in [1.54, 1.807) is 0 Å². The predicted molar refractivity (Wildman–Crippen MR) is 204 cm³/mol. The molecular formula is C44H30N2S. The zero-order valence-corrected chi connectivity index (χ0v) is 26.4. The molecule has 0 aliphatic rings. The highest BCUT2D eigenvalue weighted by atomic mass is 32.1. The molecule has 47 heavy (non-hydrogen) atoms. The summed E-state index contributed by atoms with van der Waals surface area (Å²) < 4.78 is 2.54. The molecule has 0 saturated carbocycles. The van der Waals surface area contributed by atoms with Crippen LogP contribution in [0.3, 0.4) is 0 Å². The average Bonchev–Trinajstić information content (AvgIpc) is 3.50. The first kappa shape index (κ1) is 27.4. The van der Waals surface area contributed by atoms with Gasteiger partial charge in [0.05, 0.1) is 11.4 Å². The third kappa shape index (κ3) is 4.80. The van der Waals surface area contributed by atoms with Crippen molar-refractivity contribution in [3.8, 4) is 0 Å². The summed E-state index contributed by atoms with van der Waals surface area (Å²) in [5.41, 5.74) is 6.92. The maximum atomic E-state index is 2.38. The fourth-order valence-electron chi connectivity index (χ4n) is 6.85. The van der Waals surface area contributed by atoms with Crippen molar-refractivity contribution in [1.29, 1.82) is 0 Å². The van der Waals surface area contributed by atoms with Crippen molar-refractivity contribution in [2.75, 3.05) is 9.80 Å². The molecule has 222 valence electrons. The quantitative estimate of drug-likeness (QED) is 0.183. The Balaban J connectivity index is 1.20. The van der Waals surface area contributed by atoms with Crippen LogP contribution in [-0.2, 0) is 0 Å². The van der Waals surface area contributed by atoms with Crippen molar-refractivity contribution in [2.24, 2.45) is 0 Å². The van der Waals surface area contributed by atoms with E-state index in [1.165, 1.54) is 53.1 Å². The number of anilines is 6. The maximum absolute atomic E-state index is 2.38. The molecule has 1 aromatic heterocycles. The molecule has 0 bridgehead atoms. The highest BCUT2D eigenvalue weighted by molar-refractivity contribution is 7.25. The number of rotatable bonds is 6. The molecule has 0 aliphatic heterocycles. The molecule has 3 heteroatoms. The van der Waals surface area contributed by atoms with Gasteiger partial charge < -0.3 is 9.80 Å². The Hall–Kier alpha value is -5.90. The van der Waals surface area contributed by atoms with Crippen molar-refractivity contribution in [3.05, 3.63) is 182 Å². The van der Waals surface area contributed by atoms with E-state index in [1.807, 2.05) is 11.3 Å². The van der Waals surface area contributed by atoms with Gasteiger partial charge in [0.15, 0.2) is 0 Å². The molecular weight excluding hydrogens is 589 g/mol. The molecule has 0 saturated heterocycles. The summed E-state index contributed by atoms with van der Waals surface area (Å²) in [4.78, 5) is 4.77. The summed E-state index contributed by atoms with van der Waals surface area (Å²) in [6.45, 7) is 0. The number of hydrogen-bond donors (Lipinski definition) is 0. The van der Waals surface area contributed by atoms with Crippen LogP contribution in [0, 0.1) is 0 Å². The van der Waals surface area contributed by atoms with E-state index in [0.717, 1.165) is 22.7 Å². The highest BCUT2D eigenvalue weighted by Gasteiger charge is 2.19. The number of para-hydroxylation sites is 2. The van der Waals surface area contributed by atoms with Crippen LogP contribution in [0.4, 0.5) is 34.1 Å². The minimum absolute atomic E-state index is 1.14. The van der Waals surface area contributed by atoms with Crippen molar-refractivity contribution in [3.63, 3.8) is 0 Å². The van der Waals surface area contributed by atoms with Crippen molar-refractivity contribution in [1.82, 2.24) is 0 Å². The van der Waals surface area contributed by atoms with E-state index in [0.29, 0.717) is 0 Å². The van der Waals surface area contributed by atoms with Gasteiger partial charge in [-0.3, -0.25) is 0 Å². The van der Waals surface area contributed by atoms with Gasteiger partial charge in [0.2, 0.25) is 0 Å². The lowest BCUT2D eigenvalue weighted by Crippen LogP contribution is -2.10. The van der Waals surface area contributed by atoms with Gasteiger partial charge >= 0.3 is 0 Å². The first-order valence-corrected chi connectivity index (χ1v) is 16.8. The Bertz CT molecular complexity index is 2350. The SMILES string of the molecule is c1ccc(N(c2ccc3c(c2)sc2cc(N(c4ccccc4)c4cccc5ccccc45)ccc23)c2cccc3ccccc23)cc1. The monoisotopic (exact) mass is 618 g/mol. The Morgan fingerprint density at radius 2 is 0.702 bits per heavy atom. The van der Waals surface area contributed by atoms with Gasteiger partial charge in [-0.05, 0) is 71.4 Å². The highest BCUT2D eigenvalue weighted by Crippen LogP contribution is 2.45. The first-order chi connectivity index (χ1) is 23.3. The topological polar surface area (TPSA) is 6.48 Å². The van der Waals surface area contributed by atoms with Crippen LogP contribution in [-0.4, -0.2) is 0 Å². The van der Waals surface area contributed by atoms with Crippen molar-refractivity contribution >= 4 is 87.2 Å². The van der Waals surface area contributed by atoms with Crippen molar-refractivity contribution < 1.29 is 0 Å². The average molecular weight is 619 g/mol. The van der Waals surface area contributed by atoms with Gasteiger partial charge in [0, 0.05) is 53.7 Å². The molecule has 0 aliphatic carbocycles. The van der Waals surface area contributed by atoms with Crippen molar-refractivity contribution in [2.45, 2.75) is 0 Å². The molecule has 9 rings (SSSR count). The van der Waals surface area contributed by atoms with E-state index in [4.69, 9.17) is 0 Å². The number of nitrogens with zero attached hydrogens (tertiary/aromatic N) is 2. The molecule has 0 N–H and O–H groups in total. The summed E-state index contributed by atoms with van der Waals surface area (Å²) in [5, 5.41) is 7.49. The minimum Gasteiger partial charge on any atom is -0.310 e. The smallest absolute Gasteiger partial charge is 0.0540 e. The second kappa shape index (κ2) is 11.5. The van der Waals surface area contributed by atoms with Gasteiger partial charge in [0.1, 0.15) is 0 Å². The summed E-state index contributed by atoms with van der Waals surface area (Å²) in [7, 11) is 0. The number of thiophene rings is 1. The molecule has 0 radical (unpaired) electrons. The zero-order valence-electron chi connectivity index (χ0n) is 25.6. The third-order valence-corrected chi connectivity index (χ3v) is 10.1. The fraction of sp³-hybridized carbons (Fsp3) is 0. The molecule has 0 unspecified atom stereocenters. The Morgan fingerprint density at radius 3 is 1.17 bits per heavy atom. The van der Waals surface area contributed by atoms with Gasteiger partial charge in [-0.15, -0.1) is 11.3 Å². The Labute approximate surface area is 278 Å². The second-order valence-electron chi connectivity index (χ2n) is 11.8. The Morgan fingerprint density at radius 1 is 0.298 bits per heavy atom. The molecule has 0 fully saturated rings. The van der Waals surface area contributed by atoms with Gasteiger partial charge in [-0.1, -0.05) is 121 Å². The lowest BCUT2D eigenvalue weighted by Gasteiger charge is -2.27. The Kier molecular flexibility index (Phi) is 6.69. The van der Waals surface area contributed by atoms with Crippen LogP contribution in [0.2, 0.25) is 0 Å².